The predicted molar refractivity (Wildman–Crippen MR) is 104 cm³/mol. The Hall–Kier alpha value is -3.03. The molecule has 2 aromatic rings. The van der Waals surface area contributed by atoms with Crippen LogP contribution in [0.4, 0.5) is 18.0 Å². The van der Waals surface area contributed by atoms with Gasteiger partial charge in [0.15, 0.2) is 0 Å². The summed E-state index contributed by atoms with van der Waals surface area (Å²) in [6.07, 6.45) is -6.10. The maximum Gasteiger partial charge on any atom is 0.407 e. The summed E-state index contributed by atoms with van der Waals surface area (Å²) in [5.74, 6) is -1.53. The van der Waals surface area contributed by atoms with Gasteiger partial charge in [0.2, 0.25) is 0 Å². The molecular weight excluding hydrogens is 411 g/mol. The summed E-state index contributed by atoms with van der Waals surface area (Å²) < 4.78 is 44.6. The van der Waals surface area contributed by atoms with E-state index in [4.69, 9.17) is 4.74 Å². The minimum Gasteiger partial charge on any atom is -0.480 e. The lowest BCUT2D eigenvalue weighted by Gasteiger charge is -2.71. The van der Waals surface area contributed by atoms with Crippen LogP contribution in [-0.2, 0) is 9.53 Å². The quantitative estimate of drug-likeness (QED) is 0.719. The van der Waals surface area contributed by atoms with Crippen molar-refractivity contribution in [3.8, 4) is 11.1 Å². The molecule has 1 amide bonds. The molecule has 162 valence electrons. The fourth-order valence-corrected chi connectivity index (χ4v) is 5.71. The Morgan fingerprint density at radius 2 is 1.55 bits per heavy atom. The molecule has 4 aliphatic rings. The topological polar surface area (TPSA) is 75.6 Å². The number of rotatable bonds is 5. The molecule has 2 N–H and O–H groups in total. The van der Waals surface area contributed by atoms with Crippen molar-refractivity contribution < 1.29 is 32.6 Å². The van der Waals surface area contributed by atoms with Crippen LogP contribution in [0.3, 0.4) is 0 Å². The van der Waals surface area contributed by atoms with E-state index in [1.54, 1.807) is 0 Å². The Balaban J connectivity index is 1.26. The number of ether oxygens (including phenoxy) is 1. The number of carboxylic acid groups (broad SMARTS) is 1. The number of carbonyl (C=O) groups excluding carboxylic acids is 1. The third-order valence-electron chi connectivity index (χ3n) is 7.14. The first kappa shape index (κ1) is 19.9. The van der Waals surface area contributed by atoms with Crippen molar-refractivity contribution in [2.45, 2.75) is 37.4 Å². The normalized spacial score (nSPS) is 26.7. The molecular formula is C23H20F3NO4. The Morgan fingerprint density at radius 1 is 1.03 bits per heavy atom. The fraction of sp³-hybridized carbons (Fsp3) is 0.391. The summed E-state index contributed by atoms with van der Waals surface area (Å²) in [7, 11) is 0. The standard InChI is InChI=1S/C23H20F3NO4/c24-23(25,26)22-10-21(11-22,12-22)18(19(28)29)27-20(30)31-9-17-15-7-3-1-5-13(15)14-6-2-4-8-16(14)17/h1-8,17-18H,9-12H2,(H,27,30)(H,28,29). The van der Waals surface area contributed by atoms with Crippen LogP contribution in [0.25, 0.3) is 11.1 Å². The van der Waals surface area contributed by atoms with Crippen molar-refractivity contribution in [3.63, 3.8) is 0 Å². The first-order valence-corrected chi connectivity index (χ1v) is 10.1. The van der Waals surface area contributed by atoms with Gasteiger partial charge in [-0.1, -0.05) is 48.5 Å². The molecule has 1 atom stereocenters. The fourth-order valence-electron chi connectivity index (χ4n) is 5.71. The van der Waals surface area contributed by atoms with E-state index in [2.05, 4.69) is 5.32 Å². The van der Waals surface area contributed by atoms with E-state index < -0.39 is 35.1 Å². The third-order valence-corrected chi connectivity index (χ3v) is 7.14. The predicted octanol–water partition coefficient (Wildman–Crippen LogP) is 4.71. The molecule has 0 saturated heterocycles. The van der Waals surface area contributed by atoms with Gasteiger partial charge in [-0.25, -0.2) is 9.59 Å². The van der Waals surface area contributed by atoms with Gasteiger partial charge in [0.05, 0.1) is 5.41 Å². The molecule has 3 saturated carbocycles. The Bertz CT molecular complexity index is 1020. The molecule has 0 heterocycles. The number of amides is 1. The van der Waals surface area contributed by atoms with Crippen LogP contribution in [-0.4, -0.2) is 36.0 Å². The zero-order valence-corrected chi connectivity index (χ0v) is 16.4. The molecule has 0 aliphatic heterocycles. The number of benzene rings is 2. The van der Waals surface area contributed by atoms with E-state index in [9.17, 15) is 27.9 Å². The summed E-state index contributed by atoms with van der Waals surface area (Å²) in [6, 6.07) is 14.2. The first-order chi connectivity index (χ1) is 14.7. The number of carboxylic acids is 1. The molecule has 0 radical (unpaired) electrons. The van der Waals surface area contributed by atoms with Gasteiger partial charge in [0.1, 0.15) is 12.6 Å². The molecule has 8 heteroatoms. The van der Waals surface area contributed by atoms with Gasteiger partial charge < -0.3 is 15.2 Å². The number of alkyl carbamates (subject to hydrolysis) is 1. The lowest BCUT2D eigenvalue weighted by atomic mass is 9.33. The second-order valence-electron chi connectivity index (χ2n) is 8.91. The van der Waals surface area contributed by atoms with E-state index in [0.717, 1.165) is 22.3 Å². The number of carbonyl (C=O) groups is 2. The van der Waals surface area contributed by atoms with E-state index in [1.165, 1.54) is 0 Å². The summed E-state index contributed by atoms with van der Waals surface area (Å²) in [4.78, 5) is 24.1. The van der Waals surface area contributed by atoms with E-state index in [-0.39, 0.29) is 31.8 Å². The highest BCUT2D eigenvalue weighted by Crippen LogP contribution is 2.79. The number of alkyl halides is 3. The molecule has 0 aromatic heterocycles. The van der Waals surface area contributed by atoms with E-state index in [0.29, 0.717) is 0 Å². The zero-order chi connectivity index (χ0) is 22.0. The smallest absolute Gasteiger partial charge is 0.407 e. The SMILES string of the molecule is O=C(NC(C(=O)O)C12CC(C(F)(F)F)(C1)C2)OCC1c2ccccc2-c2ccccc21. The zero-order valence-electron chi connectivity index (χ0n) is 16.4. The third kappa shape index (κ3) is 2.84. The molecule has 4 aliphatic carbocycles. The highest BCUT2D eigenvalue weighted by molar-refractivity contribution is 5.82. The van der Waals surface area contributed by atoms with Crippen molar-refractivity contribution in [3.05, 3.63) is 59.7 Å². The Kier molecular flexibility index (Phi) is 4.16. The maximum atomic E-state index is 13.1. The highest BCUT2D eigenvalue weighted by atomic mass is 19.4. The van der Waals surface area contributed by atoms with Crippen molar-refractivity contribution >= 4 is 12.1 Å². The van der Waals surface area contributed by atoms with Crippen molar-refractivity contribution in [2.75, 3.05) is 6.61 Å². The van der Waals surface area contributed by atoms with Crippen LogP contribution in [0.15, 0.2) is 48.5 Å². The van der Waals surface area contributed by atoms with Gasteiger partial charge in [0.25, 0.3) is 0 Å². The van der Waals surface area contributed by atoms with Crippen LogP contribution < -0.4 is 5.32 Å². The minimum atomic E-state index is -4.35. The molecule has 31 heavy (non-hydrogen) atoms. The number of nitrogens with one attached hydrogen (secondary N) is 1. The second kappa shape index (κ2) is 6.48. The number of hydrogen-bond acceptors (Lipinski definition) is 3. The van der Waals surface area contributed by atoms with Gasteiger partial charge in [-0.3, -0.25) is 0 Å². The van der Waals surface area contributed by atoms with Crippen molar-refractivity contribution in [2.24, 2.45) is 10.8 Å². The van der Waals surface area contributed by atoms with Gasteiger partial charge in [-0.2, -0.15) is 13.2 Å². The van der Waals surface area contributed by atoms with Crippen LogP contribution >= 0.6 is 0 Å². The lowest BCUT2D eigenvalue weighted by Crippen LogP contribution is -2.75. The van der Waals surface area contributed by atoms with Crippen LogP contribution in [0.1, 0.15) is 36.3 Å². The monoisotopic (exact) mass is 431 g/mol. The molecule has 1 unspecified atom stereocenters. The molecule has 2 bridgehead atoms. The van der Waals surface area contributed by atoms with Gasteiger partial charge in [-0.15, -0.1) is 0 Å². The molecule has 2 aromatic carbocycles. The molecule has 6 rings (SSSR count). The van der Waals surface area contributed by atoms with Gasteiger partial charge >= 0.3 is 18.2 Å². The van der Waals surface area contributed by atoms with E-state index in [1.807, 2.05) is 48.5 Å². The molecule has 3 fully saturated rings. The average Bonchev–Trinajstić information content (AvgIpc) is 2.96. The second-order valence-corrected chi connectivity index (χ2v) is 8.91. The van der Waals surface area contributed by atoms with Gasteiger partial charge in [0, 0.05) is 11.3 Å². The average molecular weight is 431 g/mol. The Labute approximate surface area is 176 Å². The summed E-state index contributed by atoms with van der Waals surface area (Å²) in [5, 5.41) is 11.8. The summed E-state index contributed by atoms with van der Waals surface area (Å²) in [5.41, 5.74) is 1.30. The summed E-state index contributed by atoms with van der Waals surface area (Å²) in [6.45, 7) is 0.00564. The number of fused-ring (bicyclic) bond motifs is 3. The first-order valence-electron chi connectivity index (χ1n) is 10.1. The van der Waals surface area contributed by atoms with Crippen LogP contribution in [0.5, 0.6) is 0 Å². The van der Waals surface area contributed by atoms with Crippen molar-refractivity contribution in [1.82, 2.24) is 5.32 Å². The molecule has 5 nitrogen and oxygen atoms in total. The van der Waals surface area contributed by atoms with Gasteiger partial charge in [-0.05, 0) is 41.5 Å². The minimum absolute atomic E-state index is 0.00564. The van der Waals surface area contributed by atoms with E-state index >= 15 is 0 Å². The maximum absolute atomic E-state index is 13.1. The largest absolute Gasteiger partial charge is 0.480 e. The number of aliphatic carboxylic acids is 1. The van der Waals surface area contributed by atoms with Crippen molar-refractivity contribution in [1.29, 1.82) is 0 Å². The summed E-state index contributed by atoms with van der Waals surface area (Å²) >= 11 is 0. The van der Waals surface area contributed by atoms with Crippen LogP contribution in [0, 0.1) is 10.8 Å². The Morgan fingerprint density at radius 3 is 2.03 bits per heavy atom. The lowest BCUT2D eigenvalue weighted by molar-refractivity contribution is -0.367. The number of halogens is 3. The number of hydrogen-bond donors (Lipinski definition) is 2. The van der Waals surface area contributed by atoms with Crippen LogP contribution in [0.2, 0.25) is 0 Å². The highest BCUT2D eigenvalue weighted by Gasteiger charge is 2.81. The molecule has 0 spiro atoms.